The number of hydrogen-bond donors (Lipinski definition) is 1. The van der Waals surface area contributed by atoms with E-state index in [-0.39, 0.29) is 54.1 Å². The third-order valence-corrected chi connectivity index (χ3v) is 8.18. The van der Waals surface area contributed by atoms with Crippen LogP contribution in [0.1, 0.15) is 61.5 Å². The molecule has 1 aliphatic rings. The van der Waals surface area contributed by atoms with Crippen molar-refractivity contribution in [2.24, 2.45) is 5.92 Å². The summed E-state index contributed by atoms with van der Waals surface area (Å²) in [6.07, 6.45) is 0.609. The van der Waals surface area contributed by atoms with Crippen LogP contribution in [0.2, 0.25) is 0 Å². The number of carbonyl (C=O) groups excluding carboxylic acids is 3. The van der Waals surface area contributed by atoms with Crippen molar-refractivity contribution in [2.45, 2.75) is 64.4 Å². The Bertz CT molecular complexity index is 1230. The highest BCUT2D eigenvalue weighted by Crippen LogP contribution is 2.30. The van der Waals surface area contributed by atoms with Crippen molar-refractivity contribution in [3.63, 3.8) is 0 Å². The van der Waals surface area contributed by atoms with E-state index in [1.165, 1.54) is 12.1 Å². The van der Waals surface area contributed by atoms with Gasteiger partial charge in [0.25, 0.3) is 15.9 Å². The molecule has 0 bridgehead atoms. The average Bonchev–Trinajstić information content (AvgIpc) is 3.04. The normalized spacial score (nSPS) is 15.0. The van der Waals surface area contributed by atoms with Gasteiger partial charge in [-0.25, -0.2) is 12.7 Å². The predicted molar refractivity (Wildman–Crippen MR) is 138 cm³/mol. The van der Waals surface area contributed by atoms with Crippen LogP contribution in [0.15, 0.2) is 53.4 Å². The number of carbonyl (C=O) groups is 3. The quantitative estimate of drug-likeness (QED) is 0.495. The van der Waals surface area contributed by atoms with Crippen molar-refractivity contribution in [1.29, 1.82) is 0 Å². The number of hydrogen-bond acceptors (Lipinski definition) is 5. The molecule has 0 saturated carbocycles. The first-order chi connectivity index (χ1) is 17.1. The SMILES string of the molecule is CC[C@@H](C(=O)NCC(C)C)N(Cc1ccccc1C)C(=O)CCCN1C(=O)c2ccccc2S1(=O)=O. The number of fused-ring (bicyclic) bond motifs is 1. The number of amides is 3. The lowest BCUT2D eigenvalue weighted by Crippen LogP contribution is -2.49. The maximum absolute atomic E-state index is 13.4. The summed E-state index contributed by atoms with van der Waals surface area (Å²) in [6.45, 7) is 8.51. The van der Waals surface area contributed by atoms with E-state index in [4.69, 9.17) is 0 Å². The first-order valence-electron chi connectivity index (χ1n) is 12.4. The highest BCUT2D eigenvalue weighted by Gasteiger charge is 2.40. The topological polar surface area (TPSA) is 104 Å². The molecule has 1 aliphatic heterocycles. The summed E-state index contributed by atoms with van der Waals surface area (Å²) in [4.78, 5) is 40.7. The van der Waals surface area contributed by atoms with Crippen LogP contribution in [0.25, 0.3) is 0 Å². The van der Waals surface area contributed by atoms with Gasteiger partial charge in [0.05, 0.1) is 5.56 Å². The van der Waals surface area contributed by atoms with Crippen molar-refractivity contribution in [3.8, 4) is 0 Å². The molecular weight excluding hydrogens is 478 g/mol. The molecule has 194 valence electrons. The minimum atomic E-state index is -3.92. The number of nitrogens with one attached hydrogen (secondary N) is 1. The van der Waals surface area contributed by atoms with Gasteiger partial charge in [0.1, 0.15) is 10.9 Å². The second kappa shape index (κ2) is 11.7. The molecule has 0 aromatic heterocycles. The van der Waals surface area contributed by atoms with Crippen molar-refractivity contribution in [3.05, 3.63) is 65.2 Å². The molecule has 0 aliphatic carbocycles. The van der Waals surface area contributed by atoms with Gasteiger partial charge in [0, 0.05) is 26.1 Å². The lowest BCUT2D eigenvalue weighted by Gasteiger charge is -2.31. The van der Waals surface area contributed by atoms with E-state index in [1.54, 1.807) is 17.0 Å². The van der Waals surface area contributed by atoms with Gasteiger partial charge >= 0.3 is 0 Å². The smallest absolute Gasteiger partial charge is 0.269 e. The molecule has 9 heteroatoms. The monoisotopic (exact) mass is 513 g/mol. The Balaban J connectivity index is 1.75. The van der Waals surface area contributed by atoms with E-state index in [0.717, 1.165) is 15.4 Å². The van der Waals surface area contributed by atoms with E-state index < -0.39 is 22.0 Å². The van der Waals surface area contributed by atoms with Gasteiger partial charge in [-0.05, 0) is 48.9 Å². The van der Waals surface area contributed by atoms with E-state index in [2.05, 4.69) is 5.32 Å². The summed E-state index contributed by atoms with van der Waals surface area (Å²) in [6, 6.07) is 13.2. The molecule has 0 saturated heterocycles. The zero-order chi connectivity index (χ0) is 26.5. The molecule has 2 aromatic rings. The fraction of sp³-hybridized carbons (Fsp3) is 0.444. The third-order valence-electron chi connectivity index (χ3n) is 6.34. The van der Waals surface area contributed by atoms with Gasteiger partial charge in [-0.15, -0.1) is 0 Å². The van der Waals surface area contributed by atoms with Crippen molar-refractivity contribution in [2.75, 3.05) is 13.1 Å². The zero-order valence-corrected chi connectivity index (χ0v) is 22.2. The van der Waals surface area contributed by atoms with Crippen LogP contribution in [0.3, 0.4) is 0 Å². The van der Waals surface area contributed by atoms with Crippen LogP contribution >= 0.6 is 0 Å². The maximum atomic E-state index is 13.4. The molecule has 3 rings (SSSR count). The van der Waals surface area contributed by atoms with Crippen LogP contribution < -0.4 is 5.32 Å². The van der Waals surface area contributed by atoms with Gasteiger partial charge in [0.2, 0.25) is 11.8 Å². The summed E-state index contributed by atoms with van der Waals surface area (Å²) in [5, 5.41) is 2.93. The summed E-state index contributed by atoms with van der Waals surface area (Å²) in [7, 11) is -3.92. The van der Waals surface area contributed by atoms with E-state index in [1.807, 2.05) is 52.0 Å². The van der Waals surface area contributed by atoms with Crippen LogP contribution in [-0.4, -0.2) is 54.5 Å². The van der Waals surface area contributed by atoms with Gasteiger partial charge in [0.15, 0.2) is 0 Å². The lowest BCUT2D eigenvalue weighted by atomic mass is 10.0. The third kappa shape index (κ3) is 5.95. The molecule has 1 atom stereocenters. The van der Waals surface area contributed by atoms with Gasteiger partial charge in [-0.2, -0.15) is 0 Å². The molecular formula is C27H35N3O5S. The second-order valence-electron chi connectivity index (χ2n) is 9.49. The van der Waals surface area contributed by atoms with Crippen LogP contribution in [0.4, 0.5) is 0 Å². The summed E-state index contributed by atoms with van der Waals surface area (Å²) >= 11 is 0. The van der Waals surface area contributed by atoms with Crippen LogP contribution in [0.5, 0.6) is 0 Å². The minimum Gasteiger partial charge on any atom is -0.354 e. The molecule has 36 heavy (non-hydrogen) atoms. The molecule has 0 fully saturated rings. The molecule has 0 radical (unpaired) electrons. The number of nitrogens with zero attached hydrogens (tertiary/aromatic N) is 2. The van der Waals surface area contributed by atoms with E-state index >= 15 is 0 Å². The highest BCUT2D eigenvalue weighted by atomic mass is 32.2. The Morgan fingerprint density at radius 1 is 1.06 bits per heavy atom. The number of benzene rings is 2. The summed E-state index contributed by atoms with van der Waals surface area (Å²) in [5.74, 6) is -0.766. The van der Waals surface area contributed by atoms with Gasteiger partial charge < -0.3 is 10.2 Å². The highest BCUT2D eigenvalue weighted by molar-refractivity contribution is 7.90. The van der Waals surface area contributed by atoms with E-state index in [0.29, 0.717) is 13.0 Å². The minimum absolute atomic E-state index is 0.00428. The second-order valence-corrected chi connectivity index (χ2v) is 11.3. The van der Waals surface area contributed by atoms with Gasteiger partial charge in [-0.3, -0.25) is 14.4 Å². The molecule has 1 N–H and O–H groups in total. The fourth-order valence-corrected chi connectivity index (χ4v) is 5.89. The molecule has 2 aromatic carbocycles. The number of sulfonamides is 1. The molecule has 0 spiro atoms. The number of rotatable bonds is 11. The standard InChI is InChI=1S/C27H35N3O5S/c1-5-23(26(32)28-17-19(2)3)29(18-21-12-7-6-11-20(21)4)25(31)15-10-16-30-27(33)22-13-8-9-14-24(22)36(30,34)35/h6-9,11-14,19,23H,5,10,15-18H2,1-4H3,(H,28,32)/t23-/m0/s1. The molecule has 8 nitrogen and oxygen atoms in total. The Morgan fingerprint density at radius 2 is 1.72 bits per heavy atom. The molecule has 0 unspecified atom stereocenters. The molecule has 1 heterocycles. The lowest BCUT2D eigenvalue weighted by molar-refractivity contribution is -0.141. The van der Waals surface area contributed by atoms with Gasteiger partial charge in [-0.1, -0.05) is 57.2 Å². The van der Waals surface area contributed by atoms with Crippen LogP contribution in [0, 0.1) is 12.8 Å². The van der Waals surface area contributed by atoms with Crippen molar-refractivity contribution in [1.82, 2.24) is 14.5 Å². The molecule has 3 amide bonds. The zero-order valence-electron chi connectivity index (χ0n) is 21.4. The fourth-order valence-electron chi connectivity index (χ4n) is 4.28. The Kier molecular flexibility index (Phi) is 8.89. The maximum Gasteiger partial charge on any atom is 0.269 e. The first-order valence-corrected chi connectivity index (χ1v) is 13.8. The summed E-state index contributed by atoms with van der Waals surface area (Å²) < 4.78 is 26.5. The van der Waals surface area contributed by atoms with Crippen molar-refractivity contribution >= 4 is 27.7 Å². The predicted octanol–water partition coefficient (Wildman–Crippen LogP) is 3.50. The Morgan fingerprint density at radius 3 is 2.36 bits per heavy atom. The number of aryl methyl sites for hydroxylation is 1. The average molecular weight is 514 g/mol. The Hall–Kier alpha value is -3.20. The van der Waals surface area contributed by atoms with E-state index in [9.17, 15) is 22.8 Å². The van der Waals surface area contributed by atoms with Crippen molar-refractivity contribution < 1.29 is 22.8 Å². The largest absolute Gasteiger partial charge is 0.354 e. The summed E-state index contributed by atoms with van der Waals surface area (Å²) in [5.41, 5.74) is 2.10. The van der Waals surface area contributed by atoms with Crippen LogP contribution in [-0.2, 0) is 26.2 Å². The first kappa shape index (κ1) is 27.4. The Labute approximate surface area is 213 Å².